The molecule has 0 amide bonds. The minimum absolute atomic E-state index is 0.269. The van der Waals surface area contributed by atoms with E-state index in [-0.39, 0.29) is 5.62 Å². The van der Waals surface area contributed by atoms with E-state index in [1.165, 1.54) is 18.7 Å². The number of hydrogen-bond acceptors (Lipinski definition) is 4. The van der Waals surface area contributed by atoms with Crippen LogP contribution in [-0.2, 0) is 0 Å². The highest BCUT2D eigenvalue weighted by Crippen LogP contribution is 2.61. The van der Waals surface area contributed by atoms with E-state index in [0.29, 0.717) is 6.04 Å². The van der Waals surface area contributed by atoms with E-state index in [2.05, 4.69) is 33.9 Å². The zero-order valence-electron chi connectivity index (χ0n) is 11.9. The van der Waals surface area contributed by atoms with Gasteiger partial charge >= 0.3 is 0 Å². The second kappa shape index (κ2) is 5.00. The predicted molar refractivity (Wildman–Crippen MR) is 81.6 cm³/mol. The van der Waals surface area contributed by atoms with E-state index in [4.69, 9.17) is 11.6 Å². The van der Waals surface area contributed by atoms with Crippen molar-refractivity contribution in [3.05, 3.63) is 11.8 Å². The van der Waals surface area contributed by atoms with Crippen LogP contribution in [0.4, 0.5) is 0 Å². The summed E-state index contributed by atoms with van der Waals surface area (Å²) in [4.78, 5) is 4.46. The highest BCUT2D eigenvalue weighted by atomic mass is 35.5. The van der Waals surface area contributed by atoms with Gasteiger partial charge in [0.25, 0.3) is 0 Å². The number of amidine groups is 1. The number of aliphatic imine (C=N–C) groups is 1. The van der Waals surface area contributed by atoms with E-state index < -0.39 is 0 Å². The highest BCUT2D eigenvalue weighted by Gasteiger charge is 2.61. The first-order valence-corrected chi connectivity index (χ1v) is 8.36. The van der Waals surface area contributed by atoms with Crippen LogP contribution in [0, 0.1) is 23.7 Å². The Morgan fingerprint density at radius 1 is 1.40 bits per heavy atom. The third kappa shape index (κ3) is 2.09. The Morgan fingerprint density at radius 2 is 2.30 bits per heavy atom. The van der Waals surface area contributed by atoms with Crippen molar-refractivity contribution in [1.29, 1.82) is 0 Å². The standard InChI is InChI=1S/C15H23ClN4/c1-2-8-7-18-9-3-4-10(14-12(8)13(9)14)19-11-5-6-17-15(16)20-11/h4,8-9,12-15,17-18H,2-3,5-7H2,1H3,(H,19,20)/t8-,9?,12+,13+,14?,15?/m0/s1. The van der Waals surface area contributed by atoms with Gasteiger partial charge in [0, 0.05) is 30.6 Å². The van der Waals surface area contributed by atoms with E-state index >= 15 is 0 Å². The fourth-order valence-corrected chi connectivity index (χ4v) is 4.70. The third-order valence-electron chi connectivity index (χ3n) is 5.49. The molecule has 4 aliphatic rings. The van der Waals surface area contributed by atoms with Gasteiger partial charge in [-0.25, -0.2) is 4.99 Å². The molecule has 0 aromatic carbocycles. The van der Waals surface area contributed by atoms with Crippen molar-refractivity contribution >= 4 is 17.4 Å². The molecule has 2 aliphatic carbocycles. The molecule has 1 saturated carbocycles. The van der Waals surface area contributed by atoms with Crippen LogP contribution in [-0.4, -0.2) is 30.6 Å². The first kappa shape index (κ1) is 13.1. The summed E-state index contributed by atoms with van der Waals surface area (Å²) >= 11 is 6.04. The maximum absolute atomic E-state index is 6.04. The molecule has 0 radical (unpaired) electrons. The maximum atomic E-state index is 6.04. The lowest BCUT2D eigenvalue weighted by atomic mass is 9.91. The molecule has 110 valence electrons. The molecule has 0 bridgehead atoms. The summed E-state index contributed by atoms with van der Waals surface area (Å²) in [5, 5.41) is 10.5. The average Bonchev–Trinajstić information content (AvgIpc) is 3.19. The predicted octanol–water partition coefficient (Wildman–Crippen LogP) is 1.64. The number of rotatable bonds is 2. The molecule has 0 spiro atoms. The average molecular weight is 295 g/mol. The fourth-order valence-electron chi connectivity index (χ4n) is 4.47. The van der Waals surface area contributed by atoms with Gasteiger partial charge in [0.2, 0.25) is 0 Å². The summed E-state index contributed by atoms with van der Waals surface area (Å²) in [6.45, 7) is 4.43. The van der Waals surface area contributed by atoms with E-state index in [0.717, 1.165) is 48.9 Å². The zero-order chi connectivity index (χ0) is 13.7. The van der Waals surface area contributed by atoms with Crippen LogP contribution in [0.3, 0.4) is 0 Å². The molecule has 6 atom stereocenters. The van der Waals surface area contributed by atoms with Crippen molar-refractivity contribution in [3.8, 4) is 0 Å². The van der Waals surface area contributed by atoms with Crippen LogP contribution in [0.15, 0.2) is 16.8 Å². The maximum Gasteiger partial charge on any atom is 0.177 e. The summed E-state index contributed by atoms with van der Waals surface area (Å²) in [6, 6.07) is 0.717. The Hall–Kier alpha value is -0.580. The topological polar surface area (TPSA) is 48.5 Å². The lowest BCUT2D eigenvalue weighted by Crippen LogP contribution is -2.41. The minimum atomic E-state index is -0.269. The Bertz CT molecular complexity index is 461. The first-order chi connectivity index (χ1) is 9.78. The summed E-state index contributed by atoms with van der Waals surface area (Å²) in [5.41, 5.74) is 1.15. The Morgan fingerprint density at radius 3 is 3.10 bits per heavy atom. The van der Waals surface area contributed by atoms with Crippen molar-refractivity contribution in [3.63, 3.8) is 0 Å². The molecule has 0 aromatic rings. The summed E-state index contributed by atoms with van der Waals surface area (Å²) < 4.78 is 0. The van der Waals surface area contributed by atoms with E-state index in [9.17, 15) is 0 Å². The molecular weight excluding hydrogens is 272 g/mol. The van der Waals surface area contributed by atoms with Crippen molar-refractivity contribution in [2.24, 2.45) is 28.7 Å². The normalized spacial score (nSPS) is 46.1. The SMILES string of the molecule is CC[C@H]1CNC2CC=C(NC3=NC(Cl)NCC3)C3[C@H]2[C@H]31. The molecule has 4 rings (SSSR count). The van der Waals surface area contributed by atoms with Crippen molar-refractivity contribution in [1.82, 2.24) is 16.0 Å². The molecule has 0 aromatic heterocycles. The van der Waals surface area contributed by atoms with Crippen LogP contribution >= 0.6 is 11.6 Å². The van der Waals surface area contributed by atoms with Gasteiger partial charge in [-0.15, -0.1) is 0 Å². The molecule has 20 heavy (non-hydrogen) atoms. The number of piperidine rings is 1. The Kier molecular flexibility index (Phi) is 3.28. The van der Waals surface area contributed by atoms with Crippen molar-refractivity contribution in [2.75, 3.05) is 13.1 Å². The molecule has 1 saturated heterocycles. The zero-order valence-corrected chi connectivity index (χ0v) is 12.7. The first-order valence-electron chi connectivity index (χ1n) is 7.92. The third-order valence-corrected chi connectivity index (χ3v) is 5.74. The van der Waals surface area contributed by atoms with Gasteiger partial charge in [0.1, 0.15) is 5.84 Å². The molecule has 2 heterocycles. The second-order valence-electron chi connectivity index (χ2n) is 6.50. The fraction of sp³-hybridized carbons (Fsp3) is 0.800. The number of nitrogens with zero attached hydrogens (tertiary/aromatic N) is 1. The van der Waals surface area contributed by atoms with Crippen LogP contribution in [0.2, 0.25) is 0 Å². The Balaban J connectivity index is 1.50. The van der Waals surface area contributed by atoms with Crippen LogP contribution in [0.25, 0.3) is 0 Å². The Labute approximate surface area is 125 Å². The van der Waals surface area contributed by atoms with Crippen molar-refractivity contribution in [2.45, 2.75) is 37.9 Å². The molecule has 2 fully saturated rings. The smallest absolute Gasteiger partial charge is 0.177 e. The lowest BCUT2D eigenvalue weighted by molar-refractivity contribution is 0.287. The summed E-state index contributed by atoms with van der Waals surface area (Å²) in [7, 11) is 0. The largest absolute Gasteiger partial charge is 0.347 e. The van der Waals surface area contributed by atoms with Gasteiger partial charge in [-0.1, -0.05) is 31.0 Å². The molecular formula is C15H23ClN4. The van der Waals surface area contributed by atoms with Gasteiger partial charge in [0.15, 0.2) is 5.62 Å². The molecule has 2 aliphatic heterocycles. The van der Waals surface area contributed by atoms with Crippen LogP contribution in [0.5, 0.6) is 0 Å². The van der Waals surface area contributed by atoms with Gasteiger partial charge < -0.3 is 10.6 Å². The second-order valence-corrected chi connectivity index (χ2v) is 6.91. The quantitative estimate of drug-likeness (QED) is 0.536. The van der Waals surface area contributed by atoms with Crippen LogP contribution in [0.1, 0.15) is 26.2 Å². The van der Waals surface area contributed by atoms with Gasteiger partial charge in [0.05, 0.1) is 0 Å². The monoisotopic (exact) mass is 294 g/mol. The summed E-state index contributed by atoms with van der Waals surface area (Å²) in [5.74, 6) is 4.38. The van der Waals surface area contributed by atoms with Gasteiger partial charge in [-0.3, -0.25) is 5.32 Å². The number of hydrogen-bond donors (Lipinski definition) is 3. The molecule has 5 heteroatoms. The number of halogens is 1. The van der Waals surface area contributed by atoms with E-state index in [1.54, 1.807) is 0 Å². The number of alkyl halides is 1. The molecule has 3 N–H and O–H groups in total. The van der Waals surface area contributed by atoms with Gasteiger partial charge in [-0.05, 0) is 30.7 Å². The minimum Gasteiger partial charge on any atom is -0.347 e. The number of fused-ring (bicyclic) bond motifs is 1. The number of allylic oxidation sites excluding steroid dienone is 1. The molecule has 3 unspecified atom stereocenters. The van der Waals surface area contributed by atoms with E-state index in [1.807, 2.05) is 0 Å². The van der Waals surface area contributed by atoms with Gasteiger partial charge in [-0.2, -0.15) is 0 Å². The highest BCUT2D eigenvalue weighted by molar-refractivity contribution is 6.21. The van der Waals surface area contributed by atoms with Crippen molar-refractivity contribution < 1.29 is 0 Å². The molecule has 4 nitrogen and oxygen atoms in total. The summed E-state index contributed by atoms with van der Waals surface area (Å²) in [6.07, 6.45) is 5.79. The number of nitrogens with one attached hydrogen (secondary N) is 3. The van der Waals surface area contributed by atoms with Crippen LogP contribution < -0.4 is 16.0 Å². The lowest BCUT2D eigenvalue weighted by Gasteiger charge is -2.28.